The zero-order valence-corrected chi connectivity index (χ0v) is 9.63. The van der Waals surface area contributed by atoms with Crippen LogP contribution in [-0.4, -0.2) is 12.0 Å². The predicted molar refractivity (Wildman–Crippen MR) is 65.5 cm³/mol. The van der Waals surface area contributed by atoms with Gasteiger partial charge in [0.05, 0.1) is 5.52 Å². The number of nitriles is 1. The van der Waals surface area contributed by atoms with Crippen LogP contribution >= 0.6 is 0 Å². The van der Waals surface area contributed by atoms with Crippen molar-refractivity contribution in [3.05, 3.63) is 35.0 Å². The summed E-state index contributed by atoms with van der Waals surface area (Å²) in [7, 11) is 1.85. The van der Waals surface area contributed by atoms with E-state index in [1.807, 2.05) is 14.0 Å². The summed E-state index contributed by atoms with van der Waals surface area (Å²) in [6.07, 6.45) is 0. The van der Waals surface area contributed by atoms with Crippen molar-refractivity contribution in [1.82, 2.24) is 4.98 Å². The second-order valence-electron chi connectivity index (χ2n) is 3.89. The van der Waals surface area contributed by atoms with Crippen LogP contribution in [0.25, 0.3) is 10.9 Å². The topological polar surface area (TPSA) is 48.7 Å². The minimum absolute atomic E-state index is 0.448. The van der Waals surface area contributed by atoms with Crippen molar-refractivity contribution in [1.29, 1.82) is 5.26 Å². The molecule has 0 aliphatic rings. The van der Waals surface area contributed by atoms with Gasteiger partial charge in [0.1, 0.15) is 11.8 Å². The van der Waals surface area contributed by atoms with Crippen molar-refractivity contribution in [2.75, 3.05) is 12.4 Å². The zero-order valence-electron chi connectivity index (χ0n) is 9.63. The van der Waals surface area contributed by atoms with Crippen molar-refractivity contribution in [2.24, 2.45) is 0 Å². The lowest BCUT2D eigenvalue weighted by Gasteiger charge is -2.09. The quantitative estimate of drug-likeness (QED) is 0.789. The van der Waals surface area contributed by atoms with E-state index in [9.17, 15) is 0 Å². The van der Waals surface area contributed by atoms with Gasteiger partial charge in [-0.1, -0.05) is 11.6 Å². The molecule has 0 saturated heterocycles. The van der Waals surface area contributed by atoms with Crippen LogP contribution < -0.4 is 5.32 Å². The third kappa shape index (κ3) is 1.59. The van der Waals surface area contributed by atoms with Gasteiger partial charge in [0.2, 0.25) is 0 Å². The number of benzene rings is 1. The molecule has 0 spiro atoms. The van der Waals surface area contributed by atoms with Gasteiger partial charge in [-0.3, -0.25) is 0 Å². The van der Waals surface area contributed by atoms with E-state index in [4.69, 9.17) is 5.26 Å². The van der Waals surface area contributed by atoms with Gasteiger partial charge in [0, 0.05) is 18.1 Å². The van der Waals surface area contributed by atoms with Crippen LogP contribution in [-0.2, 0) is 0 Å². The van der Waals surface area contributed by atoms with E-state index in [0.717, 1.165) is 22.2 Å². The van der Waals surface area contributed by atoms with Crippen molar-refractivity contribution in [3.63, 3.8) is 0 Å². The molecule has 80 valence electrons. The molecule has 3 nitrogen and oxygen atoms in total. The minimum atomic E-state index is 0.448. The number of nitrogens with zero attached hydrogens (tertiary/aromatic N) is 2. The first-order valence-electron chi connectivity index (χ1n) is 5.15. The number of pyridine rings is 1. The molecule has 1 aromatic carbocycles. The number of fused-ring (bicyclic) bond motifs is 1. The van der Waals surface area contributed by atoms with Gasteiger partial charge >= 0.3 is 0 Å². The minimum Gasteiger partial charge on any atom is -0.387 e. The maximum atomic E-state index is 8.92. The highest BCUT2D eigenvalue weighted by Crippen LogP contribution is 2.26. The van der Waals surface area contributed by atoms with E-state index in [0.29, 0.717) is 5.69 Å². The SMILES string of the molecule is CNc1cc(C#N)nc2c(C)cc(C)cc12. The van der Waals surface area contributed by atoms with Gasteiger partial charge in [-0.05, 0) is 31.5 Å². The van der Waals surface area contributed by atoms with E-state index in [1.165, 1.54) is 5.56 Å². The summed E-state index contributed by atoms with van der Waals surface area (Å²) in [5.74, 6) is 0. The molecule has 1 heterocycles. The number of aromatic nitrogens is 1. The first-order valence-corrected chi connectivity index (χ1v) is 5.15. The predicted octanol–water partition coefficient (Wildman–Crippen LogP) is 2.77. The molecule has 2 aromatic rings. The van der Waals surface area contributed by atoms with E-state index in [-0.39, 0.29) is 0 Å². The van der Waals surface area contributed by atoms with Gasteiger partial charge in [-0.2, -0.15) is 5.26 Å². The van der Waals surface area contributed by atoms with Crippen molar-refractivity contribution in [3.8, 4) is 6.07 Å². The van der Waals surface area contributed by atoms with Gasteiger partial charge < -0.3 is 5.32 Å². The molecule has 0 bridgehead atoms. The summed E-state index contributed by atoms with van der Waals surface area (Å²) in [6.45, 7) is 4.08. The standard InChI is InChI=1S/C13H13N3/c1-8-4-9(2)13-11(5-8)12(15-3)6-10(7-14)16-13/h4-6H,1-3H3,(H,15,16). The molecule has 1 N–H and O–H groups in total. The highest BCUT2D eigenvalue weighted by Gasteiger charge is 2.07. The number of anilines is 1. The van der Waals surface area contributed by atoms with Gasteiger partial charge in [-0.15, -0.1) is 0 Å². The summed E-state index contributed by atoms with van der Waals surface area (Å²) in [6, 6.07) is 8.03. The Hall–Kier alpha value is -2.08. The Morgan fingerprint density at radius 3 is 2.62 bits per heavy atom. The Labute approximate surface area is 94.7 Å². The lowest BCUT2D eigenvalue weighted by molar-refractivity contribution is 1.29. The molecular weight excluding hydrogens is 198 g/mol. The fourth-order valence-corrected chi connectivity index (χ4v) is 1.95. The number of hydrogen-bond donors (Lipinski definition) is 1. The molecule has 0 aliphatic carbocycles. The Kier molecular flexibility index (Phi) is 2.49. The maximum absolute atomic E-state index is 8.92. The molecule has 16 heavy (non-hydrogen) atoms. The van der Waals surface area contributed by atoms with Gasteiger partial charge in [0.15, 0.2) is 0 Å². The molecule has 0 amide bonds. The summed E-state index contributed by atoms with van der Waals surface area (Å²) in [4.78, 5) is 4.34. The number of aryl methyl sites for hydroxylation is 2. The zero-order chi connectivity index (χ0) is 11.7. The van der Waals surface area contributed by atoms with Crippen LogP contribution in [0.2, 0.25) is 0 Å². The summed E-state index contributed by atoms with van der Waals surface area (Å²) < 4.78 is 0. The van der Waals surface area contributed by atoms with Crippen molar-refractivity contribution in [2.45, 2.75) is 13.8 Å². The van der Waals surface area contributed by atoms with E-state index in [2.05, 4.69) is 35.4 Å². The lowest BCUT2D eigenvalue weighted by atomic mass is 10.0. The van der Waals surface area contributed by atoms with E-state index >= 15 is 0 Å². The third-order valence-electron chi connectivity index (χ3n) is 2.63. The Bertz CT molecular complexity index is 594. The molecule has 1 aromatic heterocycles. The second kappa shape index (κ2) is 3.82. The van der Waals surface area contributed by atoms with E-state index < -0.39 is 0 Å². The normalized spacial score (nSPS) is 10.1. The Morgan fingerprint density at radius 2 is 2.00 bits per heavy atom. The summed E-state index contributed by atoms with van der Waals surface area (Å²) >= 11 is 0. The molecule has 2 rings (SSSR count). The fourth-order valence-electron chi connectivity index (χ4n) is 1.95. The molecule has 0 radical (unpaired) electrons. The average molecular weight is 211 g/mol. The Balaban J connectivity index is 2.90. The van der Waals surface area contributed by atoms with Crippen LogP contribution in [0.5, 0.6) is 0 Å². The Morgan fingerprint density at radius 1 is 1.25 bits per heavy atom. The van der Waals surface area contributed by atoms with Crippen LogP contribution in [0, 0.1) is 25.2 Å². The van der Waals surface area contributed by atoms with Crippen LogP contribution in [0.3, 0.4) is 0 Å². The molecule has 0 unspecified atom stereocenters. The highest BCUT2D eigenvalue weighted by molar-refractivity contribution is 5.94. The molecule has 0 saturated carbocycles. The molecule has 3 heteroatoms. The summed E-state index contributed by atoms with van der Waals surface area (Å²) in [5, 5.41) is 13.1. The first-order chi connectivity index (χ1) is 7.65. The lowest BCUT2D eigenvalue weighted by Crippen LogP contribution is -1.96. The molecule has 0 fully saturated rings. The fraction of sp³-hybridized carbons (Fsp3) is 0.231. The van der Waals surface area contributed by atoms with Gasteiger partial charge in [-0.25, -0.2) is 4.98 Å². The van der Waals surface area contributed by atoms with Crippen LogP contribution in [0.4, 0.5) is 5.69 Å². The van der Waals surface area contributed by atoms with Crippen LogP contribution in [0.1, 0.15) is 16.8 Å². The highest BCUT2D eigenvalue weighted by atomic mass is 14.8. The molecule has 0 atom stereocenters. The molecular formula is C13H13N3. The van der Waals surface area contributed by atoms with Gasteiger partial charge in [0.25, 0.3) is 0 Å². The van der Waals surface area contributed by atoms with Crippen LogP contribution in [0.15, 0.2) is 18.2 Å². The largest absolute Gasteiger partial charge is 0.387 e. The average Bonchev–Trinajstić information content (AvgIpc) is 2.28. The smallest absolute Gasteiger partial charge is 0.143 e. The third-order valence-corrected chi connectivity index (χ3v) is 2.63. The monoisotopic (exact) mass is 211 g/mol. The van der Waals surface area contributed by atoms with Crippen molar-refractivity contribution < 1.29 is 0 Å². The maximum Gasteiger partial charge on any atom is 0.143 e. The summed E-state index contributed by atoms with van der Waals surface area (Å²) in [5.41, 5.74) is 4.60. The number of rotatable bonds is 1. The second-order valence-corrected chi connectivity index (χ2v) is 3.89. The van der Waals surface area contributed by atoms with E-state index in [1.54, 1.807) is 6.07 Å². The number of hydrogen-bond acceptors (Lipinski definition) is 3. The van der Waals surface area contributed by atoms with Crippen molar-refractivity contribution >= 4 is 16.6 Å². The molecule has 0 aliphatic heterocycles. The number of nitrogens with one attached hydrogen (secondary N) is 1. The first kappa shape index (κ1) is 10.4.